The molecule has 1 aliphatic carbocycles. The zero-order valence-corrected chi connectivity index (χ0v) is 16.1. The van der Waals surface area contributed by atoms with Gasteiger partial charge in [0.2, 0.25) is 0 Å². The van der Waals surface area contributed by atoms with Crippen molar-refractivity contribution >= 4 is 28.3 Å². The zero-order valence-electron chi connectivity index (χ0n) is 15.3. The third-order valence-electron chi connectivity index (χ3n) is 4.43. The van der Waals surface area contributed by atoms with Gasteiger partial charge >= 0.3 is 0 Å². The van der Waals surface area contributed by atoms with Gasteiger partial charge in [-0.05, 0) is 55.0 Å². The first-order valence-electron chi connectivity index (χ1n) is 8.97. The molecule has 0 bridgehead atoms. The molecule has 0 saturated carbocycles. The average Bonchev–Trinajstić information content (AvgIpc) is 3.08. The van der Waals surface area contributed by atoms with E-state index in [0.717, 1.165) is 36.1 Å². The van der Waals surface area contributed by atoms with Gasteiger partial charge in [-0.1, -0.05) is 24.8 Å². The van der Waals surface area contributed by atoms with Crippen LogP contribution in [0.2, 0.25) is 0 Å². The number of nitriles is 2. The first-order valence-corrected chi connectivity index (χ1v) is 9.79. The normalized spacial score (nSPS) is 13.0. The Balaban J connectivity index is 1.78. The number of carbonyl (C=O) groups excluding carboxylic acids is 1. The lowest BCUT2D eigenvalue weighted by Crippen LogP contribution is -2.13. The van der Waals surface area contributed by atoms with Crippen LogP contribution in [0.25, 0.3) is 6.08 Å². The minimum absolute atomic E-state index is 0.0185. The van der Waals surface area contributed by atoms with Crippen LogP contribution >= 0.6 is 11.3 Å². The zero-order chi connectivity index (χ0) is 19.9. The second-order valence-corrected chi connectivity index (χ2v) is 7.42. The van der Waals surface area contributed by atoms with Gasteiger partial charge in [-0.3, -0.25) is 4.79 Å². The molecule has 1 aromatic carbocycles. The maximum Gasteiger partial charge on any atom is 0.266 e. The van der Waals surface area contributed by atoms with Gasteiger partial charge < -0.3 is 10.1 Å². The summed E-state index contributed by atoms with van der Waals surface area (Å²) in [4.78, 5) is 13.8. The number of amides is 1. The van der Waals surface area contributed by atoms with Crippen LogP contribution in [-0.2, 0) is 17.6 Å². The number of hydrogen-bond donors (Lipinski definition) is 1. The molecular weight excluding hydrogens is 370 g/mol. The number of hydrogen-bond acceptors (Lipinski definition) is 5. The second kappa shape index (κ2) is 9.03. The van der Waals surface area contributed by atoms with Gasteiger partial charge in [0.15, 0.2) is 0 Å². The van der Waals surface area contributed by atoms with E-state index in [4.69, 9.17) is 4.74 Å². The van der Waals surface area contributed by atoms with Crippen molar-refractivity contribution in [2.45, 2.75) is 25.7 Å². The fourth-order valence-corrected chi connectivity index (χ4v) is 4.31. The summed E-state index contributed by atoms with van der Waals surface area (Å²) in [5.74, 6) is 0.174. The van der Waals surface area contributed by atoms with E-state index >= 15 is 0 Å². The molecule has 1 amide bonds. The molecule has 5 nitrogen and oxygen atoms in total. The molecule has 28 heavy (non-hydrogen) atoms. The monoisotopic (exact) mass is 389 g/mol. The van der Waals surface area contributed by atoms with Crippen molar-refractivity contribution < 1.29 is 9.53 Å². The van der Waals surface area contributed by atoms with Gasteiger partial charge in [0.05, 0.1) is 5.56 Å². The number of rotatable bonds is 6. The SMILES string of the molecule is C=CCOc1ccc(/C=C(\C#N)C(=O)Nc2sc3c(c2C#N)CCCC3)cc1. The lowest BCUT2D eigenvalue weighted by atomic mass is 9.96. The molecule has 1 N–H and O–H groups in total. The Morgan fingerprint density at radius 2 is 2.00 bits per heavy atom. The molecule has 0 atom stereocenters. The number of nitrogens with zero attached hydrogens (tertiary/aromatic N) is 2. The van der Waals surface area contributed by atoms with Gasteiger partial charge in [0.1, 0.15) is 35.1 Å². The van der Waals surface area contributed by atoms with Crippen LogP contribution in [0.5, 0.6) is 5.75 Å². The molecule has 0 aliphatic heterocycles. The first-order chi connectivity index (χ1) is 13.7. The maximum absolute atomic E-state index is 12.6. The van der Waals surface area contributed by atoms with Crippen molar-refractivity contribution in [3.63, 3.8) is 0 Å². The predicted octanol–water partition coefficient (Wildman–Crippen LogP) is 4.61. The van der Waals surface area contributed by atoms with E-state index in [2.05, 4.69) is 18.0 Å². The molecule has 1 heterocycles. The summed E-state index contributed by atoms with van der Waals surface area (Å²) in [5, 5.41) is 22.2. The summed E-state index contributed by atoms with van der Waals surface area (Å²) in [7, 11) is 0. The Morgan fingerprint density at radius 3 is 2.68 bits per heavy atom. The maximum atomic E-state index is 12.6. The average molecular weight is 389 g/mol. The largest absolute Gasteiger partial charge is 0.490 e. The van der Waals surface area contributed by atoms with Crippen LogP contribution in [-0.4, -0.2) is 12.5 Å². The van der Waals surface area contributed by atoms with Crippen LogP contribution in [0.3, 0.4) is 0 Å². The van der Waals surface area contributed by atoms with E-state index in [1.807, 2.05) is 6.07 Å². The lowest BCUT2D eigenvalue weighted by Gasteiger charge is -2.09. The minimum Gasteiger partial charge on any atom is -0.490 e. The predicted molar refractivity (Wildman–Crippen MR) is 110 cm³/mol. The van der Waals surface area contributed by atoms with Gasteiger partial charge in [0, 0.05) is 4.88 Å². The molecular formula is C22H19N3O2S. The van der Waals surface area contributed by atoms with Crippen molar-refractivity contribution in [1.29, 1.82) is 10.5 Å². The molecule has 140 valence electrons. The Labute approximate surface area is 168 Å². The molecule has 0 spiro atoms. The standard InChI is InChI=1S/C22H19N3O2S/c1-2-11-27-17-9-7-15(8-10-17)12-16(13-23)21(26)25-22-19(14-24)18-5-3-4-6-20(18)28-22/h2,7-10,12H,1,3-6,11H2,(H,25,26)/b16-12+. The third kappa shape index (κ3) is 4.31. The summed E-state index contributed by atoms with van der Waals surface area (Å²) >= 11 is 1.44. The topological polar surface area (TPSA) is 85.9 Å². The van der Waals surface area contributed by atoms with E-state index in [9.17, 15) is 15.3 Å². The molecule has 1 aliphatic rings. The molecule has 3 rings (SSSR count). The third-order valence-corrected chi connectivity index (χ3v) is 5.64. The van der Waals surface area contributed by atoms with E-state index in [1.165, 1.54) is 17.4 Å². The van der Waals surface area contributed by atoms with Crippen LogP contribution < -0.4 is 10.1 Å². The fraction of sp³-hybridized carbons (Fsp3) is 0.227. The molecule has 0 radical (unpaired) electrons. The Morgan fingerprint density at radius 1 is 1.25 bits per heavy atom. The van der Waals surface area contributed by atoms with Gasteiger partial charge in [-0.25, -0.2) is 0 Å². The molecule has 2 aromatic rings. The summed E-state index contributed by atoms with van der Waals surface area (Å²) in [6.45, 7) is 4.01. The smallest absolute Gasteiger partial charge is 0.266 e. The number of nitrogens with one attached hydrogen (secondary N) is 1. The highest BCUT2D eigenvalue weighted by Gasteiger charge is 2.22. The quantitative estimate of drug-likeness (QED) is 0.444. The molecule has 0 unspecified atom stereocenters. The minimum atomic E-state index is -0.510. The number of aryl methyl sites for hydroxylation is 1. The van der Waals surface area contributed by atoms with Crippen molar-refractivity contribution in [2.75, 3.05) is 11.9 Å². The number of fused-ring (bicyclic) bond motifs is 1. The molecule has 1 aromatic heterocycles. The van der Waals surface area contributed by atoms with E-state index in [1.54, 1.807) is 30.3 Å². The van der Waals surface area contributed by atoms with Crippen molar-refractivity contribution in [3.8, 4) is 17.9 Å². The second-order valence-electron chi connectivity index (χ2n) is 6.32. The Kier molecular flexibility index (Phi) is 6.26. The summed E-state index contributed by atoms with van der Waals surface area (Å²) < 4.78 is 5.42. The lowest BCUT2D eigenvalue weighted by molar-refractivity contribution is -0.112. The molecule has 6 heteroatoms. The summed E-state index contributed by atoms with van der Waals surface area (Å²) in [5.41, 5.74) is 2.28. The van der Waals surface area contributed by atoms with Gasteiger partial charge in [-0.15, -0.1) is 11.3 Å². The number of ether oxygens (including phenoxy) is 1. The Bertz CT molecular complexity index is 1000. The number of anilines is 1. The molecule has 0 saturated heterocycles. The van der Waals surface area contributed by atoms with E-state index < -0.39 is 5.91 Å². The van der Waals surface area contributed by atoms with Crippen LogP contribution in [0.1, 0.15) is 34.4 Å². The first kappa shape index (κ1) is 19.4. The summed E-state index contributed by atoms with van der Waals surface area (Å²) in [6, 6.07) is 11.2. The van der Waals surface area contributed by atoms with E-state index in [-0.39, 0.29) is 5.57 Å². The van der Waals surface area contributed by atoms with Crippen LogP contribution in [0.15, 0.2) is 42.5 Å². The highest BCUT2D eigenvalue weighted by molar-refractivity contribution is 7.16. The highest BCUT2D eigenvalue weighted by Crippen LogP contribution is 2.37. The summed E-state index contributed by atoms with van der Waals surface area (Å²) in [6.07, 6.45) is 7.14. The Hall–Kier alpha value is -3.35. The van der Waals surface area contributed by atoms with Gasteiger partial charge in [0.25, 0.3) is 5.91 Å². The van der Waals surface area contributed by atoms with Crippen molar-refractivity contribution in [2.24, 2.45) is 0 Å². The number of thiophene rings is 1. The van der Waals surface area contributed by atoms with Crippen LogP contribution in [0.4, 0.5) is 5.00 Å². The van der Waals surface area contributed by atoms with Crippen LogP contribution in [0, 0.1) is 22.7 Å². The highest BCUT2D eigenvalue weighted by atomic mass is 32.1. The molecule has 0 fully saturated rings. The van der Waals surface area contributed by atoms with Crippen molar-refractivity contribution in [3.05, 3.63) is 64.1 Å². The van der Waals surface area contributed by atoms with Gasteiger partial charge in [-0.2, -0.15) is 10.5 Å². The number of benzene rings is 1. The fourth-order valence-electron chi connectivity index (χ4n) is 3.07. The number of carbonyl (C=O) groups is 1. The van der Waals surface area contributed by atoms with E-state index in [0.29, 0.717) is 28.5 Å². The van der Waals surface area contributed by atoms with Crippen molar-refractivity contribution in [1.82, 2.24) is 0 Å².